The smallest absolute Gasteiger partial charge is 0.339 e. The molecule has 2 fully saturated rings. The van der Waals surface area contributed by atoms with Crippen molar-refractivity contribution >= 4 is 23.2 Å². The van der Waals surface area contributed by atoms with Gasteiger partial charge in [-0.3, -0.25) is 4.79 Å². The van der Waals surface area contributed by atoms with E-state index in [-0.39, 0.29) is 5.56 Å². The molecule has 0 atom stereocenters. The van der Waals surface area contributed by atoms with Gasteiger partial charge in [-0.2, -0.15) is 5.10 Å². The van der Waals surface area contributed by atoms with Crippen LogP contribution in [0.25, 0.3) is 16.4 Å². The van der Waals surface area contributed by atoms with E-state index in [4.69, 9.17) is 9.72 Å². The minimum atomic E-state index is -1.01. The van der Waals surface area contributed by atoms with Crippen LogP contribution in [0.15, 0.2) is 48.7 Å². The summed E-state index contributed by atoms with van der Waals surface area (Å²) >= 11 is 1.66. The standard InChI is InChI=1S/C32H34N4O4S/c1-19-15-24(22-11-13-35(14-12-22)31(37)23-7-8-23)9-10-28(19)40-18-25-16-20(2)41-30(25)27-5-4-6-29(34-27)36-21(3)26(17-33-36)32(38)39/h4-6,9-10,15-17,22-23H,7-8,11-14,18H2,1-3H3,(H,38,39). The van der Waals surface area contributed by atoms with Crippen LogP contribution in [-0.2, 0) is 11.4 Å². The second kappa shape index (κ2) is 11.1. The van der Waals surface area contributed by atoms with E-state index in [1.54, 1.807) is 22.9 Å². The van der Waals surface area contributed by atoms with E-state index in [0.717, 1.165) is 71.1 Å². The van der Waals surface area contributed by atoms with Crippen molar-refractivity contribution in [1.29, 1.82) is 0 Å². The highest BCUT2D eigenvalue weighted by Gasteiger charge is 2.35. The Kier molecular flexibility index (Phi) is 7.38. The molecule has 3 aromatic heterocycles. The van der Waals surface area contributed by atoms with Gasteiger partial charge >= 0.3 is 5.97 Å². The molecular weight excluding hydrogens is 536 g/mol. The van der Waals surface area contributed by atoms with Crippen LogP contribution in [0.3, 0.4) is 0 Å². The quantitative estimate of drug-likeness (QED) is 0.267. The van der Waals surface area contributed by atoms with Crippen molar-refractivity contribution in [2.45, 2.75) is 59.0 Å². The van der Waals surface area contributed by atoms with E-state index in [2.05, 4.69) is 48.1 Å². The number of aryl methyl sites for hydroxylation is 2. The summed E-state index contributed by atoms with van der Waals surface area (Å²) in [6.45, 7) is 8.01. The monoisotopic (exact) mass is 570 g/mol. The fourth-order valence-electron chi connectivity index (χ4n) is 5.67. The average molecular weight is 571 g/mol. The highest BCUT2D eigenvalue weighted by Crippen LogP contribution is 2.36. The predicted octanol–water partition coefficient (Wildman–Crippen LogP) is 6.31. The number of carbonyl (C=O) groups is 2. The van der Waals surface area contributed by atoms with E-state index in [9.17, 15) is 14.7 Å². The van der Waals surface area contributed by atoms with Gasteiger partial charge in [0.1, 0.15) is 17.9 Å². The Morgan fingerprint density at radius 2 is 1.83 bits per heavy atom. The lowest BCUT2D eigenvalue weighted by molar-refractivity contribution is -0.133. The Morgan fingerprint density at radius 1 is 1.05 bits per heavy atom. The first-order chi connectivity index (χ1) is 19.8. The highest BCUT2D eigenvalue weighted by molar-refractivity contribution is 7.15. The number of thiophene rings is 1. The molecule has 1 saturated carbocycles. The molecule has 41 heavy (non-hydrogen) atoms. The summed E-state index contributed by atoms with van der Waals surface area (Å²) in [5.74, 6) is 1.55. The third kappa shape index (κ3) is 5.63. The second-order valence-corrected chi connectivity index (χ2v) is 12.4. The minimum Gasteiger partial charge on any atom is -0.489 e. The van der Waals surface area contributed by atoms with Crippen LogP contribution in [0.4, 0.5) is 0 Å². The lowest BCUT2D eigenvalue weighted by Crippen LogP contribution is -2.38. The van der Waals surface area contributed by atoms with Crippen LogP contribution in [0.2, 0.25) is 0 Å². The molecule has 8 nitrogen and oxygen atoms in total. The van der Waals surface area contributed by atoms with Crippen molar-refractivity contribution < 1.29 is 19.4 Å². The number of hydrogen-bond donors (Lipinski definition) is 1. The van der Waals surface area contributed by atoms with Gasteiger partial charge in [-0.1, -0.05) is 18.2 Å². The van der Waals surface area contributed by atoms with Crippen molar-refractivity contribution in [3.05, 3.63) is 81.5 Å². The molecule has 2 aliphatic rings. The lowest BCUT2D eigenvalue weighted by atomic mass is 9.88. The Hall–Kier alpha value is -3.98. The molecule has 1 N–H and O–H groups in total. The molecule has 0 radical (unpaired) electrons. The fourth-order valence-corrected chi connectivity index (χ4v) is 6.67. The van der Waals surface area contributed by atoms with Crippen LogP contribution in [-0.4, -0.2) is 49.7 Å². The van der Waals surface area contributed by atoms with Crippen molar-refractivity contribution in [3.8, 4) is 22.1 Å². The molecule has 1 aromatic carbocycles. The molecule has 1 saturated heterocycles. The largest absolute Gasteiger partial charge is 0.489 e. The zero-order valence-electron chi connectivity index (χ0n) is 23.6. The topological polar surface area (TPSA) is 97.6 Å². The Labute approximate surface area is 243 Å². The first-order valence-corrected chi connectivity index (χ1v) is 15.0. The number of benzene rings is 1. The van der Waals surface area contributed by atoms with E-state index in [0.29, 0.717) is 35.9 Å². The predicted molar refractivity (Wildman–Crippen MR) is 158 cm³/mol. The molecule has 0 spiro atoms. The Morgan fingerprint density at radius 3 is 2.51 bits per heavy atom. The van der Waals surface area contributed by atoms with Gasteiger partial charge in [0.2, 0.25) is 5.91 Å². The SMILES string of the molecule is Cc1cc(COc2ccc(C3CCN(C(=O)C4CC4)CC3)cc2C)c(-c2cccc(-n3ncc(C(=O)O)c3C)n2)s1. The van der Waals surface area contributed by atoms with Crippen LogP contribution >= 0.6 is 11.3 Å². The molecule has 9 heteroatoms. The van der Waals surface area contributed by atoms with E-state index < -0.39 is 5.97 Å². The maximum absolute atomic E-state index is 12.4. The van der Waals surface area contributed by atoms with E-state index >= 15 is 0 Å². The number of likely N-dealkylation sites (tertiary alicyclic amines) is 1. The summed E-state index contributed by atoms with van der Waals surface area (Å²) in [5.41, 5.74) is 4.97. The zero-order valence-corrected chi connectivity index (χ0v) is 24.4. The highest BCUT2D eigenvalue weighted by atomic mass is 32.1. The normalized spacial score (nSPS) is 15.7. The number of amides is 1. The van der Waals surface area contributed by atoms with Crippen molar-refractivity contribution in [2.75, 3.05) is 13.1 Å². The van der Waals surface area contributed by atoms with Crippen molar-refractivity contribution in [2.24, 2.45) is 5.92 Å². The number of rotatable bonds is 8. The van der Waals surface area contributed by atoms with Gasteiger partial charge in [0, 0.05) is 29.4 Å². The third-order valence-electron chi connectivity index (χ3n) is 8.14. The maximum atomic E-state index is 12.4. The average Bonchev–Trinajstić information content (AvgIpc) is 3.65. The van der Waals surface area contributed by atoms with Gasteiger partial charge in [-0.25, -0.2) is 14.5 Å². The van der Waals surface area contributed by atoms with Crippen molar-refractivity contribution in [3.63, 3.8) is 0 Å². The molecule has 4 heterocycles. The molecule has 1 aliphatic carbocycles. The summed E-state index contributed by atoms with van der Waals surface area (Å²) in [4.78, 5) is 32.9. The molecule has 4 aromatic rings. The van der Waals surface area contributed by atoms with Gasteiger partial charge in [0.15, 0.2) is 5.82 Å². The van der Waals surface area contributed by atoms with Gasteiger partial charge < -0.3 is 14.7 Å². The summed E-state index contributed by atoms with van der Waals surface area (Å²) in [6, 6.07) is 14.3. The first-order valence-electron chi connectivity index (χ1n) is 14.2. The number of hydrogen-bond acceptors (Lipinski definition) is 6. The Bertz CT molecular complexity index is 1610. The van der Waals surface area contributed by atoms with Gasteiger partial charge in [0.25, 0.3) is 0 Å². The number of aromatic carboxylic acids is 1. The number of aromatic nitrogens is 3. The summed E-state index contributed by atoms with van der Waals surface area (Å²) in [7, 11) is 0. The maximum Gasteiger partial charge on any atom is 0.339 e. The van der Waals surface area contributed by atoms with E-state index in [1.807, 2.05) is 18.2 Å². The molecule has 0 unspecified atom stereocenters. The summed E-state index contributed by atoms with van der Waals surface area (Å²) < 4.78 is 7.89. The molecule has 212 valence electrons. The van der Waals surface area contributed by atoms with Crippen LogP contribution in [0, 0.1) is 26.7 Å². The minimum absolute atomic E-state index is 0.161. The third-order valence-corrected chi connectivity index (χ3v) is 9.26. The fraction of sp³-hybridized carbons (Fsp3) is 0.375. The molecular formula is C32H34N4O4S. The molecule has 1 aliphatic heterocycles. The lowest BCUT2D eigenvalue weighted by Gasteiger charge is -2.32. The van der Waals surface area contributed by atoms with Crippen molar-refractivity contribution in [1.82, 2.24) is 19.7 Å². The number of carbonyl (C=O) groups excluding carboxylic acids is 1. The molecule has 0 bridgehead atoms. The van der Waals surface area contributed by atoms with Crippen LogP contribution in [0.1, 0.15) is 69.2 Å². The number of carboxylic acids is 1. The zero-order chi connectivity index (χ0) is 28.7. The van der Waals surface area contributed by atoms with Gasteiger partial charge in [-0.05, 0) is 87.8 Å². The number of piperidine rings is 1. The number of pyridine rings is 1. The number of ether oxygens (including phenoxy) is 1. The second-order valence-electron chi connectivity index (χ2n) is 11.1. The van der Waals surface area contributed by atoms with Crippen LogP contribution in [0.5, 0.6) is 5.75 Å². The first kappa shape index (κ1) is 27.2. The number of nitrogens with zero attached hydrogens (tertiary/aromatic N) is 4. The van der Waals surface area contributed by atoms with Gasteiger partial charge in [-0.15, -0.1) is 11.3 Å². The number of carboxylic acid groups (broad SMARTS) is 1. The summed E-state index contributed by atoms with van der Waals surface area (Å²) in [6.07, 6.45) is 5.51. The molecule has 6 rings (SSSR count). The molecule has 1 amide bonds. The van der Waals surface area contributed by atoms with Gasteiger partial charge in [0.05, 0.1) is 22.5 Å². The van der Waals surface area contributed by atoms with Crippen LogP contribution < -0.4 is 4.74 Å². The van der Waals surface area contributed by atoms with E-state index in [1.165, 1.54) is 11.8 Å². The summed E-state index contributed by atoms with van der Waals surface area (Å²) in [5, 5.41) is 13.7. The Balaban J connectivity index is 1.15.